The van der Waals surface area contributed by atoms with Crippen molar-refractivity contribution in [2.24, 2.45) is 0 Å². The van der Waals surface area contributed by atoms with Crippen LogP contribution in [0.2, 0.25) is 0 Å². The molecule has 23 heavy (non-hydrogen) atoms. The summed E-state index contributed by atoms with van der Waals surface area (Å²) >= 11 is 0. The SMILES string of the molecule is CC(C)c1cc(C(C)C)c(C#Cc2ccccc2)c(C(C)C)c1. The topological polar surface area (TPSA) is 0 Å². The van der Waals surface area contributed by atoms with Crippen molar-refractivity contribution in [2.75, 3.05) is 0 Å². The second-order valence-corrected chi connectivity index (χ2v) is 7.15. The summed E-state index contributed by atoms with van der Waals surface area (Å²) in [5, 5.41) is 0. The van der Waals surface area contributed by atoms with Crippen LogP contribution in [0.4, 0.5) is 0 Å². The zero-order chi connectivity index (χ0) is 17.0. The molecule has 2 rings (SSSR count). The molecule has 0 radical (unpaired) electrons. The molecule has 0 atom stereocenters. The molecule has 0 bridgehead atoms. The van der Waals surface area contributed by atoms with Crippen molar-refractivity contribution in [1.82, 2.24) is 0 Å². The molecule has 0 aliphatic heterocycles. The number of rotatable bonds is 3. The van der Waals surface area contributed by atoms with E-state index in [0.29, 0.717) is 17.8 Å². The van der Waals surface area contributed by atoms with Crippen LogP contribution < -0.4 is 0 Å². The molecule has 0 fully saturated rings. The first-order valence-electron chi connectivity index (χ1n) is 8.65. The third kappa shape index (κ3) is 4.26. The molecule has 0 spiro atoms. The molecule has 0 heterocycles. The lowest BCUT2D eigenvalue weighted by Crippen LogP contribution is -2.04. The van der Waals surface area contributed by atoms with Gasteiger partial charge in [-0.2, -0.15) is 0 Å². The fourth-order valence-corrected chi connectivity index (χ4v) is 2.76. The Balaban J connectivity index is 2.63. The zero-order valence-electron chi connectivity index (χ0n) is 15.3. The van der Waals surface area contributed by atoms with Gasteiger partial charge in [0.15, 0.2) is 0 Å². The third-order valence-corrected chi connectivity index (χ3v) is 4.24. The van der Waals surface area contributed by atoms with Gasteiger partial charge in [-0.1, -0.05) is 83.7 Å². The van der Waals surface area contributed by atoms with Crippen LogP contribution in [0.25, 0.3) is 0 Å². The van der Waals surface area contributed by atoms with E-state index in [4.69, 9.17) is 0 Å². The Labute approximate surface area is 142 Å². The van der Waals surface area contributed by atoms with E-state index in [1.165, 1.54) is 22.3 Å². The minimum atomic E-state index is 0.478. The first-order valence-corrected chi connectivity index (χ1v) is 8.65. The van der Waals surface area contributed by atoms with Crippen molar-refractivity contribution in [3.63, 3.8) is 0 Å². The summed E-state index contributed by atoms with van der Waals surface area (Å²) in [6, 6.07) is 15.0. The van der Waals surface area contributed by atoms with Crippen LogP contribution in [0.5, 0.6) is 0 Å². The Morgan fingerprint density at radius 2 is 1.17 bits per heavy atom. The van der Waals surface area contributed by atoms with Gasteiger partial charge < -0.3 is 0 Å². The molecule has 0 nitrogen and oxygen atoms in total. The van der Waals surface area contributed by atoms with Gasteiger partial charge in [0.05, 0.1) is 0 Å². The van der Waals surface area contributed by atoms with E-state index >= 15 is 0 Å². The van der Waals surface area contributed by atoms with Gasteiger partial charge in [-0.25, -0.2) is 0 Å². The molecular weight excluding hydrogens is 276 g/mol. The molecule has 0 aromatic heterocycles. The first-order chi connectivity index (χ1) is 10.9. The van der Waals surface area contributed by atoms with E-state index in [-0.39, 0.29) is 0 Å². The van der Waals surface area contributed by atoms with E-state index in [0.717, 1.165) is 5.56 Å². The van der Waals surface area contributed by atoms with Gasteiger partial charge in [0.25, 0.3) is 0 Å². The van der Waals surface area contributed by atoms with Gasteiger partial charge in [-0.3, -0.25) is 0 Å². The molecule has 0 aliphatic carbocycles. The van der Waals surface area contributed by atoms with Crippen LogP contribution in [-0.2, 0) is 0 Å². The third-order valence-electron chi connectivity index (χ3n) is 4.24. The van der Waals surface area contributed by atoms with Crippen molar-refractivity contribution in [1.29, 1.82) is 0 Å². The Bertz CT molecular complexity index is 678. The molecule has 0 unspecified atom stereocenters. The molecule has 0 heteroatoms. The predicted octanol–water partition coefficient (Wildman–Crippen LogP) is 6.46. The second kappa shape index (κ2) is 7.51. The Kier molecular flexibility index (Phi) is 5.67. The number of benzene rings is 2. The fourth-order valence-electron chi connectivity index (χ4n) is 2.76. The van der Waals surface area contributed by atoms with Gasteiger partial charge in [-0.15, -0.1) is 0 Å². The van der Waals surface area contributed by atoms with Gasteiger partial charge in [0, 0.05) is 11.1 Å². The number of hydrogen-bond acceptors (Lipinski definition) is 0. The average Bonchev–Trinajstić information content (AvgIpc) is 2.52. The summed E-state index contributed by atoms with van der Waals surface area (Å²) in [4.78, 5) is 0. The highest BCUT2D eigenvalue weighted by molar-refractivity contribution is 5.54. The number of hydrogen-bond donors (Lipinski definition) is 0. The van der Waals surface area contributed by atoms with E-state index in [2.05, 4.69) is 77.6 Å². The van der Waals surface area contributed by atoms with Crippen LogP contribution in [0, 0.1) is 11.8 Å². The molecule has 2 aromatic carbocycles. The molecule has 0 amide bonds. The Morgan fingerprint density at radius 3 is 1.61 bits per heavy atom. The standard InChI is InChI=1S/C23H28/c1-16(2)20-14-22(17(3)4)21(23(15-20)18(5)6)13-12-19-10-8-7-9-11-19/h7-11,14-18H,1-6H3. The lowest BCUT2D eigenvalue weighted by molar-refractivity contribution is 0.800. The van der Waals surface area contributed by atoms with Crippen molar-refractivity contribution in [3.8, 4) is 11.8 Å². The smallest absolute Gasteiger partial charge is 0.0318 e. The zero-order valence-corrected chi connectivity index (χ0v) is 15.3. The Morgan fingerprint density at radius 1 is 0.652 bits per heavy atom. The van der Waals surface area contributed by atoms with Crippen LogP contribution in [0.1, 0.15) is 87.1 Å². The maximum atomic E-state index is 3.48. The van der Waals surface area contributed by atoms with Crippen molar-refractivity contribution in [3.05, 3.63) is 70.3 Å². The highest BCUT2D eigenvalue weighted by atomic mass is 14.2. The predicted molar refractivity (Wildman–Crippen MR) is 101 cm³/mol. The minimum absolute atomic E-state index is 0.478. The van der Waals surface area contributed by atoms with Crippen LogP contribution >= 0.6 is 0 Å². The van der Waals surface area contributed by atoms with Gasteiger partial charge >= 0.3 is 0 Å². The van der Waals surface area contributed by atoms with E-state index in [1.807, 2.05) is 18.2 Å². The lowest BCUT2D eigenvalue weighted by Gasteiger charge is -2.20. The van der Waals surface area contributed by atoms with Gasteiger partial charge in [0.1, 0.15) is 0 Å². The van der Waals surface area contributed by atoms with Crippen LogP contribution in [-0.4, -0.2) is 0 Å². The quantitative estimate of drug-likeness (QED) is 0.571. The van der Waals surface area contributed by atoms with E-state index in [1.54, 1.807) is 0 Å². The maximum absolute atomic E-state index is 3.48. The van der Waals surface area contributed by atoms with Gasteiger partial charge in [0.2, 0.25) is 0 Å². The Hall–Kier alpha value is -2.00. The summed E-state index contributed by atoms with van der Waals surface area (Å²) in [6.45, 7) is 13.6. The van der Waals surface area contributed by atoms with E-state index < -0.39 is 0 Å². The van der Waals surface area contributed by atoms with Crippen molar-refractivity contribution < 1.29 is 0 Å². The molecular formula is C23H28. The molecule has 0 saturated carbocycles. The van der Waals surface area contributed by atoms with Crippen LogP contribution in [0.3, 0.4) is 0 Å². The van der Waals surface area contributed by atoms with E-state index in [9.17, 15) is 0 Å². The van der Waals surface area contributed by atoms with Crippen molar-refractivity contribution in [2.45, 2.75) is 59.3 Å². The molecule has 120 valence electrons. The summed E-state index contributed by atoms with van der Waals surface area (Å²) in [7, 11) is 0. The molecule has 0 saturated heterocycles. The van der Waals surface area contributed by atoms with Crippen LogP contribution in [0.15, 0.2) is 42.5 Å². The average molecular weight is 304 g/mol. The van der Waals surface area contributed by atoms with Crippen molar-refractivity contribution >= 4 is 0 Å². The second-order valence-electron chi connectivity index (χ2n) is 7.15. The fraction of sp³-hybridized carbons (Fsp3) is 0.391. The lowest BCUT2D eigenvalue weighted by atomic mass is 9.84. The normalized spacial score (nSPS) is 11.0. The summed E-state index contributed by atoms with van der Waals surface area (Å²) in [5.41, 5.74) is 6.47. The molecule has 0 aliphatic rings. The monoisotopic (exact) mass is 304 g/mol. The first kappa shape index (κ1) is 17.4. The highest BCUT2D eigenvalue weighted by Crippen LogP contribution is 2.31. The minimum Gasteiger partial charge on any atom is -0.0622 e. The van der Waals surface area contributed by atoms with Gasteiger partial charge in [-0.05, 0) is 46.6 Å². The maximum Gasteiger partial charge on any atom is 0.0318 e. The highest BCUT2D eigenvalue weighted by Gasteiger charge is 2.15. The summed E-state index contributed by atoms with van der Waals surface area (Å²) < 4.78 is 0. The molecule has 2 aromatic rings. The largest absolute Gasteiger partial charge is 0.0622 e. The molecule has 0 N–H and O–H groups in total. The summed E-state index contributed by atoms with van der Waals surface area (Å²) in [5.74, 6) is 8.33. The summed E-state index contributed by atoms with van der Waals surface area (Å²) in [6.07, 6.45) is 0.